The minimum absolute atomic E-state index is 0.225. The molecule has 10 rings (SSSR count). The average molecular weight is 1010 g/mol. The van der Waals surface area contributed by atoms with Crippen molar-refractivity contribution >= 4 is 52.8 Å². The summed E-state index contributed by atoms with van der Waals surface area (Å²) in [6.45, 7) is 19.6. The van der Waals surface area contributed by atoms with E-state index in [0.29, 0.717) is 41.2 Å². The van der Waals surface area contributed by atoms with Crippen LogP contribution >= 0.6 is 41.2 Å². The second-order valence-electron chi connectivity index (χ2n) is 24.2. The van der Waals surface area contributed by atoms with Crippen molar-refractivity contribution < 1.29 is 29.3 Å². The zero-order chi connectivity index (χ0) is 47.3. The average Bonchev–Trinajstić information content (AvgIpc) is 3.86. The number of hydrogen-bond donors (Lipinski definition) is 4. The van der Waals surface area contributed by atoms with Crippen LogP contribution in [0.2, 0.25) is 0 Å². The number of ketones is 2. The molecule has 2 heterocycles. The highest BCUT2D eigenvalue weighted by molar-refractivity contribution is 9.09. The quantitative estimate of drug-likeness (QED) is 0.161. The first-order valence-corrected chi connectivity index (χ1v) is 29.8. The van der Waals surface area contributed by atoms with Gasteiger partial charge in [-0.15, -0.1) is 0 Å². The molecule has 0 bridgehead atoms. The number of thiol groups is 2. The van der Waals surface area contributed by atoms with Gasteiger partial charge < -0.3 is 19.7 Å². The van der Waals surface area contributed by atoms with E-state index >= 15 is 0 Å². The number of morpholine rings is 1. The van der Waals surface area contributed by atoms with Crippen LogP contribution in [0, 0.1) is 93.7 Å². The first-order valence-electron chi connectivity index (χ1n) is 26.9. The Morgan fingerprint density at radius 1 is 0.569 bits per heavy atom. The third-order valence-corrected chi connectivity index (χ3v) is 21.8. The predicted molar refractivity (Wildman–Crippen MR) is 277 cm³/mol. The number of carbonyl (C=O) groups is 2. The summed E-state index contributed by atoms with van der Waals surface area (Å²) in [4.78, 5) is 28.2. The monoisotopic (exact) mass is 1010 g/mol. The SMILES string of the molecule is C1CCOCC1.CS.CS.C[C@H]1C[C@H]2[C@@H](CC[C@@H]3[C@@H]2CC[C@]2(C)[C@@H](C(=O)CBr)CC[C@@H]32)C[C@]1(C)O.C[C@H]1C[C@H]2[C@@H](CC[C@@H]3[C@@H]2CC[C@]2(C)[C@@H](C(=O)CN4CCOCC4)CC[C@@H]32)C[C@]1(C)O. The number of aliphatic hydroxyl groups is 2. The largest absolute Gasteiger partial charge is 0.390 e. The third-order valence-electron chi connectivity index (χ3n) is 21.2. The molecule has 10 fully saturated rings. The van der Waals surface area contributed by atoms with Crippen LogP contribution in [0.15, 0.2) is 0 Å². The Hall–Kier alpha value is 0.320. The number of ether oxygens (including phenoxy) is 2. The van der Waals surface area contributed by atoms with Gasteiger partial charge in [-0.1, -0.05) is 43.6 Å². The lowest BCUT2D eigenvalue weighted by Crippen LogP contribution is -2.53. The number of halogens is 1. The molecule has 10 heteroatoms. The Morgan fingerprint density at radius 3 is 1.40 bits per heavy atom. The molecular formula is C55H96BrNO6S2. The summed E-state index contributed by atoms with van der Waals surface area (Å²) >= 11 is 10.5. The van der Waals surface area contributed by atoms with Crippen LogP contribution in [-0.2, 0) is 19.1 Å². The van der Waals surface area contributed by atoms with Crippen molar-refractivity contribution in [1.29, 1.82) is 0 Å². The zero-order valence-electron chi connectivity index (χ0n) is 42.4. The number of rotatable bonds is 5. The third kappa shape index (κ3) is 11.7. The molecule has 2 aliphatic heterocycles. The molecular weight excluding hydrogens is 915 g/mol. The van der Waals surface area contributed by atoms with Gasteiger partial charge in [0.05, 0.1) is 36.3 Å². The summed E-state index contributed by atoms with van der Waals surface area (Å²) in [5, 5.41) is 22.1. The normalized spacial score (nSPS) is 47.5. The Balaban J connectivity index is 0.000000180. The Kier molecular flexibility index (Phi) is 19.9. The lowest BCUT2D eigenvalue weighted by atomic mass is 9.48. The van der Waals surface area contributed by atoms with Crippen molar-refractivity contribution in [2.75, 3.05) is 63.9 Å². The van der Waals surface area contributed by atoms with Crippen molar-refractivity contribution in [3.8, 4) is 0 Å². The molecule has 2 N–H and O–H groups in total. The van der Waals surface area contributed by atoms with E-state index in [9.17, 15) is 19.8 Å². The molecule has 18 atom stereocenters. The summed E-state index contributed by atoms with van der Waals surface area (Å²) in [6, 6.07) is 0. The second kappa shape index (κ2) is 23.7. The van der Waals surface area contributed by atoms with Gasteiger partial charge >= 0.3 is 0 Å². The van der Waals surface area contributed by atoms with E-state index in [1.54, 1.807) is 12.5 Å². The van der Waals surface area contributed by atoms with Crippen LogP contribution in [0.3, 0.4) is 0 Å². The van der Waals surface area contributed by atoms with Crippen molar-refractivity contribution in [1.82, 2.24) is 4.90 Å². The number of carbonyl (C=O) groups excluding carboxylic acids is 2. The topological polar surface area (TPSA) is 96.3 Å². The van der Waals surface area contributed by atoms with Gasteiger partial charge in [0.2, 0.25) is 0 Å². The van der Waals surface area contributed by atoms with Gasteiger partial charge in [0.15, 0.2) is 0 Å². The van der Waals surface area contributed by atoms with Gasteiger partial charge in [0, 0.05) is 38.1 Å². The molecule has 0 amide bonds. The molecule has 8 saturated carbocycles. The van der Waals surface area contributed by atoms with Crippen LogP contribution < -0.4 is 0 Å². The molecule has 0 spiro atoms. The smallest absolute Gasteiger partial charge is 0.150 e. The molecule has 0 aromatic heterocycles. The lowest BCUT2D eigenvalue weighted by molar-refractivity contribution is -0.137. The highest BCUT2D eigenvalue weighted by Crippen LogP contribution is 2.67. The van der Waals surface area contributed by atoms with Crippen molar-refractivity contribution in [2.45, 2.75) is 175 Å². The van der Waals surface area contributed by atoms with Gasteiger partial charge in [-0.05, 0) is 230 Å². The van der Waals surface area contributed by atoms with Crippen molar-refractivity contribution in [3.05, 3.63) is 0 Å². The molecule has 2 saturated heterocycles. The van der Waals surface area contributed by atoms with E-state index in [1.165, 1.54) is 96.3 Å². The summed E-state index contributed by atoms with van der Waals surface area (Å²) in [5.41, 5.74) is -0.451. The maximum Gasteiger partial charge on any atom is 0.150 e. The fraction of sp³-hybridized carbons (Fsp3) is 0.964. The summed E-state index contributed by atoms with van der Waals surface area (Å²) in [5.74, 6) is 10.3. The zero-order valence-corrected chi connectivity index (χ0v) is 45.8. The van der Waals surface area contributed by atoms with Gasteiger partial charge in [-0.3, -0.25) is 14.5 Å². The van der Waals surface area contributed by atoms with Crippen LogP contribution in [0.5, 0.6) is 0 Å². The van der Waals surface area contributed by atoms with E-state index < -0.39 is 11.2 Å². The lowest BCUT2D eigenvalue weighted by Gasteiger charge is -2.58. The predicted octanol–water partition coefficient (Wildman–Crippen LogP) is 11.6. The molecule has 0 radical (unpaired) electrons. The minimum atomic E-state index is -0.471. The van der Waals surface area contributed by atoms with E-state index in [-0.39, 0.29) is 16.7 Å². The Morgan fingerprint density at radius 2 is 1.00 bits per heavy atom. The summed E-state index contributed by atoms with van der Waals surface area (Å²) < 4.78 is 10.5. The standard InChI is InChI=1S/C26H43NO3.C22H35BrO2.C5H10O.2CH4S/c1-17-14-21-18(15-26(17,3)29)4-5-20-19(21)8-9-25(2)22(20)6-7-23(25)24(28)16-27-10-12-30-13-11-27;1-13-10-17-14(11-22(13,3)25)4-5-16-15(17)8-9-21(2)18(16)6-7-19(21)20(24)12-23;1-2-4-6-5-3-1;2*1-2/h17-23,29H,4-16H2,1-3H3;13-19,25H,4-12H2,1-3H3;1-5H2;2*2H,1H3/t17-,18-,19-,20+,21-,22-,23+,25-,26-;13-,14-,15-,16+,17-,18-,19+,21-,22-;;;/m00.../s1. The molecule has 10 aliphatic rings. The number of alkyl halides is 1. The van der Waals surface area contributed by atoms with E-state index in [0.717, 1.165) is 124 Å². The van der Waals surface area contributed by atoms with Crippen LogP contribution in [0.1, 0.15) is 164 Å². The fourth-order valence-corrected chi connectivity index (χ4v) is 17.8. The van der Waals surface area contributed by atoms with E-state index in [1.807, 2.05) is 0 Å². The summed E-state index contributed by atoms with van der Waals surface area (Å²) in [7, 11) is 0. The van der Waals surface area contributed by atoms with Gasteiger partial charge in [0.25, 0.3) is 0 Å². The molecule has 8 aliphatic carbocycles. The number of fused-ring (bicyclic) bond motifs is 10. The number of hydrogen-bond acceptors (Lipinski definition) is 9. The molecule has 0 aromatic rings. The Labute approximate surface area is 416 Å². The molecule has 376 valence electrons. The number of nitrogens with zero attached hydrogens (tertiary/aromatic N) is 1. The molecule has 0 unspecified atom stereocenters. The molecule has 65 heavy (non-hydrogen) atoms. The Bertz CT molecular complexity index is 1510. The highest BCUT2D eigenvalue weighted by atomic mass is 79.9. The first-order chi connectivity index (χ1) is 31.1. The molecule has 0 aromatic carbocycles. The van der Waals surface area contributed by atoms with Crippen LogP contribution in [0.4, 0.5) is 0 Å². The number of Topliss-reactive ketones (excluding diaryl/α,β-unsaturated/α-hetero) is 2. The molecule has 7 nitrogen and oxygen atoms in total. The van der Waals surface area contributed by atoms with Gasteiger partial charge in [0.1, 0.15) is 11.6 Å². The van der Waals surface area contributed by atoms with Crippen molar-refractivity contribution in [3.63, 3.8) is 0 Å². The van der Waals surface area contributed by atoms with Crippen molar-refractivity contribution in [2.24, 2.45) is 93.7 Å². The maximum atomic E-state index is 13.4. The van der Waals surface area contributed by atoms with Gasteiger partial charge in [-0.25, -0.2) is 0 Å². The second-order valence-corrected chi connectivity index (χ2v) is 24.8. The summed E-state index contributed by atoms with van der Waals surface area (Å²) in [6.07, 6.45) is 26.9. The highest BCUT2D eigenvalue weighted by Gasteiger charge is 2.61. The van der Waals surface area contributed by atoms with E-state index in [2.05, 4.69) is 87.6 Å². The first kappa shape index (κ1) is 54.6. The van der Waals surface area contributed by atoms with Crippen LogP contribution in [-0.4, -0.2) is 102 Å². The van der Waals surface area contributed by atoms with E-state index in [4.69, 9.17) is 9.47 Å². The minimum Gasteiger partial charge on any atom is -0.390 e. The fourth-order valence-electron chi connectivity index (χ4n) is 17.4. The van der Waals surface area contributed by atoms with Crippen LogP contribution in [0.25, 0.3) is 0 Å². The maximum absolute atomic E-state index is 13.4. The van der Waals surface area contributed by atoms with Gasteiger partial charge in [-0.2, -0.15) is 25.3 Å².